The molecule has 0 aromatic heterocycles. The number of rotatable bonds is 3. The standard InChI is InChI=1S/C22H20N6O/c1-24-21(27-28-23)14-7-6-8-15(13-14)25-22(29)26-20-18-11-4-2-9-16(18)17-10-3-5-12-19(17)20/h2-13,20H,1H3,(H2,23,24,27)(H2,25,26,29). The highest BCUT2D eigenvalue weighted by Crippen LogP contribution is 2.42. The fourth-order valence-electron chi connectivity index (χ4n) is 3.63. The molecule has 1 aliphatic rings. The first-order chi connectivity index (χ1) is 14.2. The van der Waals surface area contributed by atoms with Crippen molar-refractivity contribution in [1.82, 2.24) is 5.32 Å². The number of hydrogen-bond donors (Lipinski definition) is 3. The molecule has 0 unspecified atom stereocenters. The van der Waals surface area contributed by atoms with E-state index < -0.39 is 0 Å². The number of carbonyl (C=O) groups excluding carboxylic acids is 1. The van der Waals surface area contributed by atoms with Crippen LogP contribution in [0.1, 0.15) is 22.7 Å². The zero-order valence-corrected chi connectivity index (χ0v) is 15.8. The Morgan fingerprint density at radius 3 is 2.21 bits per heavy atom. The summed E-state index contributed by atoms with van der Waals surface area (Å²) in [5.74, 6) is 5.51. The molecule has 0 aliphatic heterocycles. The van der Waals surface area contributed by atoms with Gasteiger partial charge in [-0.1, -0.05) is 65.9 Å². The summed E-state index contributed by atoms with van der Waals surface area (Å²) >= 11 is 0. The number of hydrogen-bond acceptors (Lipinski definition) is 3. The number of amides is 2. The van der Waals surface area contributed by atoms with Crippen molar-refractivity contribution >= 4 is 17.6 Å². The van der Waals surface area contributed by atoms with Crippen LogP contribution in [0.15, 0.2) is 88.1 Å². The Balaban J connectivity index is 1.56. The molecule has 4 rings (SSSR count). The highest BCUT2D eigenvalue weighted by atomic mass is 16.2. The van der Waals surface area contributed by atoms with E-state index in [1.54, 1.807) is 19.2 Å². The number of anilines is 1. The Morgan fingerprint density at radius 1 is 0.931 bits per heavy atom. The lowest BCUT2D eigenvalue weighted by atomic mass is 10.1. The lowest BCUT2D eigenvalue weighted by molar-refractivity contribution is 0.250. The third kappa shape index (κ3) is 3.58. The van der Waals surface area contributed by atoms with Crippen LogP contribution < -0.4 is 16.5 Å². The molecule has 0 radical (unpaired) electrons. The monoisotopic (exact) mass is 384 g/mol. The number of nitrogens with zero attached hydrogens (tertiary/aromatic N) is 3. The SMILES string of the molecule is CN=C(N=NN)c1cccc(NC(=O)NC2c3ccccc3-c3ccccc32)c1. The van der Waals surface area contributed by atoms with Crippen molar-refractivity contribution in [3.63, 3.8) is 0 Å². The molecule has 0 fully saturated rings. The predicted octanol–water partition coefficient (Wildman–Crippen LogP) is 4.28. The van der Waals surface area contributed by atoms with Crippen molar-refractivity contribution in [1.29, 1.82) is 0 Å². The molecule has 1 aliphatic carbocycles. The van der Waals surface area contributed by atoms with E-state index in [9.17, 15) is 4.79 Å². The van der Waals surface area contributed by atoms with Crippen LogP contribution in [0.4, 0.5) is 10.5 Å². The zero-order valence-electron chi connectivity index (χ0n) is 15.8. The van der Waals surface area contributed by atoms with Gasteiger partial charge in [-0.15, -0.1) is 5.11 Å². The molecule has 0 atom stereocenters. The lowest BCUT2D eigenvalue weighted by Crippen LogP contribution is -2.32. The molecule has 4 N–H and O–H groups in total. The Hall–Kier alpha value is -4.00. The van der Waals surface area contributed by atoms with Crippen molar-refractivity contribution in [3.8, 4) is 11.1 Å². The molecule has 0 saturated carbocycles. The van der Waals surface area contributed by atoms with Gasteiger partial charge in [-0.2, -0.15) is 0 Å². The first kappa shape index (κ1) is 18.4. The Morgan fingerprint density at radius 2 is 1.59 bits per heavy atom. The summed E-state index contributed by atoms with van der Waals surface area (Å²) in [5.41, 5.74) is 5.78. The molecular formula is C22H20N6O. The number of carbonyl (C=O) groups is 1. The first-order valence-electron chi connectivity index (χ1n) is 9.15. The molecule has 144 valence electrons. The van der Waals surface area contributed by atoms with Gasteiger partial charge in [-0.3, -0.25) is 4.99 Å². The third-order valence-corrected chi connectivity index (χ3v) is 4.85. The van der Waals surface area contributed by atoms with E-state index in [2.05, 4.69) is 38.1 Å². The van der Waals surface area contributed by atoms with E-state index in [4.69, 9.17) is 5.84 Å². The van der Waals surface area contributed by atoms with Gasteiger partial charge in [0.1, 0.15) is 0 Å². The van der Waals surface area contributed by atoms with Crippen LogP contribution >= 0.6 is 0 Å². The van der Waals surface area contributed by atoms with E-state index in [0.717, 1.165) is 22.3 Å². The van der Waals surface area contributed by atoms with Gasteiger partial charge >= 0.3 is 6.03 Å². The van der Waals surface area contributed by atoms with Crippen LogP contribution in [-0.2, 0) is 0 Å². The maximum Gasteiger partial charge on any atom is 0.319 e. The van der Waals surface area contributed by atoms with Gasteiger partial charge in [0.2, 0.25) is 0 Å². The second-order valence-corrected chi connectivity index (χ2v) is 6.55. The largest absolute Gasteiger partial charge is 0.327 e. The van der Waals surface area contributed by atoms with Crippen LogP contribution in [0.2, 0.25) is 0 Å². The molecule has 0 heterocycles. The normalized spacial score (nSPS) is 13.2. The Bertz CT molecular complexity index is 1080. The van der Waals surface area contributed by atoms with Crippen LogP contribution in [0, 0.1) is 0 Å². The molecule has 0 spiro atoms. The average molecular weight is 384 g/mol. The second-order valence-electron chi connectivity index (χ2n) is 6.55. The van der Waals surface area contributed by atoms with E-state index in [-0.39, 0.29) is 12.1 Å². The Kier molecular flexibility index (Phi) is 5.03. The van der Waals surface area contributed by atoms with Crippen molar-refractivity contribution < 1.29 is 4.79 Å². The van der Waals surface area contributed by atoms with Crippen LogP contribution in [0.25, 0.3) is 11.1 Å². The van der Waals surface area contributed by atoms with Gasteiger partial charge in [0.15, 0.2) is 5.84 Å². The number of nitrogens with two attached hydrogens (primary N) is 1. The number of benzene rings is 3. The summed E-state index contributed by atoms with van der Waals surface area (Å²) in [4.78, 5) is 16.8. The molecular weight excluding hydrogens is 364 g/mol. The van der Waals surface area contributed by atoms with Crippen molar-refractivity contribution in [2.75, 3.05) is 12.4 Å². The molecule has 0 saturated heterocycles. The summed E-state index contributed by atoms with van der Waals surface area (Å²) in [6, 6.07) is 22.9. The number of aliphatic imine (C=N–C) groups is 1. The highest BCUT2D eigenvalue weighted by Gasteiger charge is 2.29. The molecule has 3 aromatic carbocycles. The maximum absolute atomic E-state index is 12.8. The molecule has 0 bridgehead atoms. The first-order valence-corrected chi connectivity index (χ1v) is 9.15. The molecule has 29 heavy (non-hydrogen) atoms. The number of fused-ring (bicyclic) bond motifs is 3. The van der Waals surface area contributed by atoms with Gasteiger partial charge in [0.05, 0.1) is 6.04 Å². The van der Waals surface area contributed by atoms with E-state index >= 15 is 0 Å². The van der Waals surface area contributed by atoms with E-state index in [0.29, 0.717) is 17.1 Å². The number of amidine groups is 1. The fraction of sp³-hybridized carbons (Fsp3) is 0.0909. The van der Waals surface area contributed by atoms with Gasteiger partial charge in [-0.05, 0) is 34.4 Å². The third-order valence-electron chi connectivity index (χ3n) is 4.85. The van der Waals surface area contributed by atoms with E-state index in [1.807, 2.05) is 48.5 Å². The summed E-state index contributed by atoms with van der Waals surface area (Å²) in [5, 5.41) is 13.0. The minimum atomic E-state index is -0.297. The summed E-state index contributed by atoms with van der Waals surface area (Å²) in [6.45, 7) is 0. The minimum Gasteiger partial charge on any atom is -0.327 e. The Labute approximate surface area is 168 Å². The summed E-state index contributed by atoms with van der Waals surface area (Å²) in [6.07, 6.45) is 0. The number of urea groups is 1. The second kappa shape index (κ2) is 7.93. The lowest BCUT2D eigenvalue weighted by Gasteiger charge is -2.17. The van der Waals surface area contributed by atoms with Gasteiger partial charge in [0, 0.05) is 18.3 Å². The molecule has 2 amide bonds. The van der Waals surface area contributed by atoms with Crippen LogP contribution in [-0.4, -0.2) is 18.9 Å². The van der Waals surface area contributed by atoms with Gasteiger partial charge in [0.25, 0.3) is 0 Å². The molecule has 7 nitrogen and oxygen atoms in total. The average Bonchev–Trinajstić information content (AvgIpc) is 3.06. The summed E-state index contributed by atoms with van der Waals surface area (Å²) in [7, 11) is 1.60. The summed E-state index contributed by atoms with van der Waals surface area (Å²) < 4.78 is 0. The maximum atomic E-state index is 12.8. The van der Waals surface area contributed by atoms with Crippen molar-refractivity contribution in [2.24, 2.45) is 21.2 Å². The zero-order chi connectivity index (χ0) is 20.2. The number of nitrogens with one attached hydrogen (secondary N) is 2. The minimum absolute atomic E-state index is 0.204. The van der Waals surface area contributed by atoms with Gasteiger partial charge in [-0.25, -0.2) is 4.79 Å². The van der Waals surface area contributed by atoms with E-state index in [1.165, 1.54) is 0 Å². The predicted molar refractivity (Wildman–Crippen MR) is 114 cm³/mol. The fourth-order valence-corrected chi connectivity index (χ4v) is 3.63. The molecule has 3 aromatic rings. The molecule has 7 heteroatoms. The highest BCUT2D eigenvalue weighted by molar-refractivity contribution is 6.00. The van der Waals surface area contributed by atoms with Gasteiger partial charge < -0.3 is 16.5 Å². The quantitative estimate of drug-likeness (QED) is 0.206. The smallest absolute Gasteiger partial charge is 0.319 e. The van der Waals surface area contributed by atoms with Crippen LogP contribution in [0.3, 0.4) is 0 Å². The topological polar surface area (TPSA) is 104 Å². The van der Waals surface area contributed by atoms with Crippen molar-refractivity contribution in [3.05, 3.63) is 89.5 Å². The van der Waals surface area contributed by atoms with Crippen LogP contribution in [0.5, 0.6) is 0 Å². The van der Waals surface area contributed by atoms with Crippen molar-refractivity contribution in [2.45, 2.75) is 6.04 Å².